The van der Waals surface area contributed by atoms with Crippen LogP contribution in [0.5, 0.6) is 0 Å². The Balaban J connectivity index is 1.50. The maximum Gasteiger partial charge on any atom is 0.416 e. The van der Waals surface area contributed by atoms with Gasteiger partial charge in [0.15, 0.2) is 5.65 Å². The van der Waals surface area contributed by atoms with Crippen molar-refractivity contribution in [2.75, 3.05) is 5.32 Å². The van der Waals surface area contributed by atoms with Gasteiger partial charge in [-0.2, -0.15) is 13.2 Å². The van der Waals surface area contributed by atoms with Gasteiger partial charge in [0.25, 0.3) is 18.2 Å². The lowest BCUT2D eigenvalue weighted by Crippen LogP contribution is -2.21. The number of carbonyl (C=O) groups excluding carboxylic acids is 2. The molecule has 6 rings (SSSR count). The normalized spacial score (nSPS) is 14.7. The van der Waals surface area contributed by atoms with E-state index >= 15 is 0 Å². The van der Waals surface area contributed by atoms with E-state index in [1.807, 2.05) is 0 Å². The Hall–Kier alpha value is -4.98. The molecule has 15 heteroatoms. The van der Waals surface area contributed by atoms with Crippen LogP contribution in [0.3, 0.4) is 0 Å². The summed E-state index contributed by atoms with van der Waals surface area (Å²) in [5.74, 6) is -3.82. The van der Waals surface area contributed by atoms with Crippen molar-refractivity contribution in [2.24, 2.45) is 0 Å². The van der Waals surface area contributed by atoms with Gasteiger partial charge in [-0.05, 0) is 48.5 Å². The quantitative estimate of drug-likeness (QED) is 0.198. The van der Waals surface area contributed by atoms with Crippen LogP contribution >= 0.6 is 11.6 Å². The van der Waals surface area contributed by atoms with Crippen molar-refractivity contribution >= 4 is 34.7 Å². The first-order chi connectivity index (χ1) is 20.8. The summed E-state index contributed by atoms with van der Waals surface area (Å²) in [4.78, 5) is 34.4. The molecule has 0 fully saturated rings. The number of hydrogen-bond donors (Lipinski definition) is 2. The lowest BCUT2D eigenvalue weighted by Gasteiger charge is -2.19. The molecular formula is C29H15ClF7N5O2. The molecule has 1 aliphatic heterocycles. The number of amides is 2. The predicted octanol–water partition coefficient (Wildman–Crippen LogP) is 7.37. The van der Waals surface area contributed by atoms with Crippen LogP contribution < -0.4 is 10.6 Å². The molecule has 224 valence electrons. The van der Waals surface area contributed by atoms with Gasteiger partial charge in [0, 0.05) is 50.9 Å². The van der Waals surface area contributed by atoms with Crippen molar-refractivity contribution < 1.29 is 40.3 Å². The number of nitrogens with one attached hydrogen (secondary N) is 2. The van der Waals surface area contributed by atoms with Crippen LogP contribution in [0.4, 0.5) is 36.4 Å². The molecule has 0 radical (unpaired) electrons. The van der Waals surface area contributed by atoms with Gasteiger partial charge < -0.3 is 15.0 Å². The van der Waals surface area contributed by atoms with E-state index < -0.39 is 58.9 Å². The second-order valence-electron chi connectivity index (χ2n) is 9.74. The minimum absolute atomic E-state index is 0.0286. The number of alkyl halides is 5. The van der Waals surface area contributed by atoms with Crippen molar-refractivity contribution in [3.05, 3.63) is 117 Å². The van der Waals surface area contributed by atoms with Crippen molar-refractivity contribution in [2.45, 2.75) is 18.6 Å². The molecule has 2 aromatic heterocycles. The second-order valence-corrected chi connectivity index (χ2v) is 10.1. The topological polar surface area (TPSA) is 88.4 Å². The van der Waals surface area contributed by atoms with Gasteiger partial charge >= 0.3 is 6.18 Å². The van der Waals surface area contributed by atoms with Gasteiger partial charge in [-0.3, -0.25) is 14.6 Å². The van der Waals surface area contributed by atoms with E-state index in [4.69, 9.17) is 11.6 Å². The van der Waals surface area contributed by atoms with Gasteiger partial charge in [0.05, 0.1) is 23.5 Å². The Morgan fingerprint density at radius 3 is 2.52 bits per heavy atom. The lowest BCUT2D eigenvalue weighted by atomic mass is 9.93. The number of nitrogens with zero attached hydrogens (tertiary/aromatic N) is 3. The van der Waals surface area contributed by atoms with Gasteiger partial charge in [-0.15, -0.1) is 0 Å². The number of anilines is 1. The highest BCUT2D eigenvalue weighted by Crippen LogP contribution is 2.42. The van der Waals surface area contributed by atoms with Crippen LogP contribution in [0.25, 0.3) is 16.9 Å². The van der Waals surface area contributed by atoms with Crippen molar-refractivity contribution in [1.82, 2.24) is 19.7 Å². The number of hydrogen-bond acceptors (Lipinski definition) is 4. The number of rotatable bonds is 5. The molecule has 0 bridgehead atoms. The molecule has 7 nitrogen and oxygen atoms in total. The average molecular weight is 634 g/mol. The summed E-state index contributed by atoms with van der Waals surface area (Å²) in [7, 11) is 0. The number of benzene rings is 3. The molecule has 3 aromatic carbocycles. The van der Waals surface area contributed by atoms with Gasteiger partial charge in [0.1, 0.15) is 17.3 Å². The zero-order valence-corrected chi connectivity index (χ0v) is 22.4. The molecule has 2 amide bonds. The first-order valence-corrected chi connectivity index (χ1v) is 12.9. The maximum atomic E-state index is 14.2. The molecule has 0 saturated heterocycles. The molecule has 1 atom stereocenters. The standard InChI is InChI=1S/C29H15ClF7N5O2/c30-19-2-1-15(31)8-17(19)25-24-18(28(44)41-25)5-12(21-10-42-11-22(26(33)34)39-23(42)9-38-21)6-20(24)40-27(43)13-3-14(29(35,36)37)7-16(32)4-13/h1-11,25-26H,(H,40,43)(H,41,44). The summed E-state index contributed by atoms with van der Waals surface area (Å²) in [6.45, 7) is 0. The van der Waals surface area contributed by atoms with E-state index in [2.05, 4.69) is 20.6 Å². The third-order valence-electron chi connectivity index (χ3n) is 6.87. The van der Waals surface area contributed by atoms with Gasteiger partial charge in [0.2, 0.25) is 0 Å². The molecule has 1 aliphatic rings. The smallest absolute Gasteiger partial charge is 0.341 e. The Bertz CT molecular complexity index is 1990. The summed E-state index contributed by atoms with van der Waals surface area (Å²) in [5, 5.41) is 5.15. The molecular weight excluding hydrogens is 619 g/mol. The molecule has 1 unspecified atom stereocenters. The van der Waals surface area contributed by atoms with Gasteiger partial charge in [-0.1, -0.05) is 11.6 Å². The first-order valence-electron chi connectivity index (χ1n) is 12.5. The van der Waals surface area contributed by atoms with Crippen LogP contribution in [0.15, 0.2) is 67.1 Å². The van der Waals surface area contributed by atoms with E-state index in [1.54, 1.807) is 0 Å². The Morgan fingerprint density at radius 2 is 1.80 bits per heavy atom. The molecule has 0 aliphatic carbocycles. The van der Waals surface area contributed by atoms with Crippen molar-refractivity contribution in [1.29, 1.82) is 0 Å². The molecule has 0 spiro atoms. The molecule has 5 aromatic rings. The summed E-state index contributed by atoms with van der Waals surface area (Å²) < 4.78 is 95.9. The highest BCUT2D eigenvalue weighted by atomic mass is 35.5. The highest BCUT2D eigenvalue weighted by molar-refractivity contribution is 6.31. The Labute approximate surface area is 247 Å². The van der Waals surface area contributed by atoms with E-state index in [0.717, 1.165) is 18.3 Å². The number of imidazole rings is 1. The fourth-order valence-electron chi connectivity index (χ4n) is 4.91. The fourth-order valence-corrected chi connectivity index (χ4v) is 5.13. The second kappa shape index (κ2) is 10.6. The Morgan fingerprint density at radius 1 is 1.02 bits per heavy atom. The van der Waals surface area contributed by atoms with Crippen molar-refractivity contribution in [3.8, 4) is 11.3 Å². The van der Waals surface area contributed by atoms with E-state index in [9.17, 15) is 40.3 Å². The number of aromatic nitrogens is 3. The monoisotopic (exact) mass is 633 g/mol. The maximum absolute atomic E-state index is 14.2. The van der Waals surface area contributed by atoms with E-state index in [-0.39, 0.29) is 50.4 Å². The summed E-state index contributed by atoms with van der Waals surface area (Å²) >= 11 is 6.30. The summed E-state index contributed by atoms with van der Waals surface area (Å²) in [5.41, 5.74) is -2.10. The zero-order chi connectivity index (χ0) is 31.5. The largest absolute Gasteiger partial charge is 0.416 e. The Kier molecular flexibility index (Phi) is 7.03. The van der Waals surface area contributed by atoms with Crippen LogP contribution in [0, 0.1) is 11.6 Å². The number of halogens is 8. The lowest BCUT2D eigenvalue weighted by molar-refractivity contribution is -0.137. The third kappa shape index (κ3) is 5.32. The van der Waals surface area contributed by atoms with Crippen LogP contribution in [-0.4, -0.2) is 26.2 Å². The SMILES string of the molecule is O=C(Nc1cc(-c2cn3cc(C(F)F)nc3cn2)cc2c1C(c1cc(F)ccc1Cl)NC2=O)c1cc(F)cc(C(F)(F)F)c1. The minimum atomic E-state index is -4.95. The average Bonchev–Trinajstić information content (AvgIpc) is 3.54. The van der Waals surface area contributed by atoms with Crippen LogP contribution in [0.1, 0.15) is 55.6 Å². The molecule has 2 N–H and O–H groups in total. The van der Waals surface area contributed by atoms with E-state index in [1.165, 1.54) is 35.0 Å². The fraction of sp³-hybridized carbons (Fsp3) is 0.103. The van der Waals surface area contributed by atoms with Gasteiger partial charge in [-0.25, -0.2) is 22.5 Å². The number of carbonyl (C=O) groups is 2. The summed E-state index contributed by atoms with van der Waals surface area (Å²) in [6, 6.07) is 6.32. The van der Waals surface area contributed by atoms with Crippen molar-refractivity contribution in [3.63, 3.8) is 0 Å². The third-order valence-corrected chi connectivity index (χ3v) is 7.22. The first kappa shape index (κ1) is 29.1. The molecule has 0 saturated carbocycles. The highest BCUT2D eigenvalue weighted by Gasteiger charge is 2.36. The zero-order valence-electron chi connectivity index (χ0n) is 21.7. The predicted molar refractivity (Wildman–Crippen MR) is 143 cm³/mol. The molecule has 3 heterocycles. The van der Waals surface area contributed by atoms with E-state index in [0.29, 0.717) is 12.1 Å². The van der Waals surface area contributed by atoms with Crippen LogP contribution in [-0.2, 0) is 6.18 Å². The summed E-state index contributed by atoms with van der Waals surface area (Å²) in [6.07, 6.45) is -4.17. The molecule has 44 heavy (non-hydrogen) atoms. The van der Waals surface area contributed by atoms with Crippen LogP contribution in [0.2, 0.25) is 5.02 Å². The minimum Gasteiger partial charge on any atom is -0.341 e. The number of fused-ring (bicyclic) bond motifs is 2.